The molecule has 1 radical (unpaired) electrons. The summed E-state index contributed by atoms with van der Waals surface area (Å²) >= 11 is 0. The topological polar surface area (TPSA) is 89.9 Å². The van der Waals surface area contributed by atoms with Crippen molar-refractivity contribution in [3.63, 3.8) is 0 Å². The van der Waals surface area contributed by atoms with Crippen LogP contribution in [-0.4, -0.2) is 61.9 Å². The van der Waals surface area contributed by atoms with Gasteiger partial charge in [-0.2, -0.15) is 5.10 Å². The van der Waals surface area contributed by atoms with Gasteiger partial charge >= 0.3 is 5.97 Å². The summed E-state index contributed by atoms with van der Waals surface area (Å²) in [5.74, 6) is -0.443. The number of aromatic amines is 1. The third-order valence-corrected chi connectivity index (χ3v) is 2.00. The normalized spacial score (nSPS) is 9.61. The fourth-order valence-corrected chi connectivity index (χ4v) is 1.25. The van der Waals surface area contributed by atoms with Crippen LogP contribution in [0.25, 0.3) is 5.95 Å². The largest absolute Gasteiger partial charge is 0.462 e. The molecule has 0 fully saturated rings. The Hall–Kier alpha value is -1.44. The second-order valence-corrected chi connectivity index (χ2v) is 3.12. The first-order chi connectivity index (χ1) is 8.22. The Balaban J connectivity index is 0.00000162. The fraction of sp³-hybridized carbons (Fsp3) is 0.200. The minimum Gasteiger partial charge on any atom is -0.462 e. The van der Waals surface area contributed by atoms with E-state index in [4.69, 9.17) is 4.74 Å². The molecule has 0 saturated heterocycles. The number of carbonyl (C=O) groups is 1. The minimum atomic E-state index is -0.687. The van der Waals surface area contributed by atoms with Crippen molar-refractivity contribution >= 4 is 35.5 Å². The van der Waals surface area contributed by atoms with Gasteiger partial charge in [0.05, 0.1) is 12.8 Å². The van der Waals surface area contributed by atoms with E-state index in [1.807, 2.05) is 0 Å². The van der Waals surface area contributed by atoms with Gasteiger partial charge in [0.1, 0.15) is 5.56 Å². The summed E-state index contributed by atoms with van der Waals surface area (Å²) in [6, 6.07) is 1.69. The molecule has 2 heterocycles. The number of hydrogen-bond acceptors (Lipinski definition) is 5. The molecule has 0 aliphatic carbocycles. The number of H-pyrrole nitrogens is 1. The molecular weight excluding hydrogens is 247 g/mol. The van der Waals surface area contributed by atoms with Gasteiger partial charge in [-0.1, -0.05) is 0 Å². The zero-order valence-electron chi connectivity index (χ0n) is 10.1. The summed E-state index contributed by atoms with van der Waals surface area (Å²) < 4.78 is 6.10. The third kappa shape index (κ3) is 3.06. The van der Waals surface area contributed by atoms with E-state index in [0.29, 0.717) is 0 Å². The Morgan fingerprint density at radius 2 is 2.33 bits per heavy atom. The summed E-state index contributed by atoms with van der Waals surface area (Å²) in [5.41, 5.74) is -0.674. The van der Waals surface area contributed by atoms with Crippen molar-refractivity contribution in [3.8, 4) is 5.95 Å². The van der Waals surface area contributed by atoms with Crippen molar-refractivity contribution in [3.05, 3.63) is 40.6 Å². The van der Waals surface area contributed by atoms with E-state index in [-0.39, 0.29) is 47.7 Å². The van der Waals surface area contributed by atoms with Crippen LogP contribution in [0.1, 0.15) is 17.3 Å². The van der Waals surface area contributed by atoms with Crippen molar-refractivity contribution in [2.24, 2.45) is 0 Å². The first-order valence-electron chi connectivity index (χ1n) is 4.99. The number of hydrogen-bond donors (Lipinski definition) is 1. The molecule has 0 unspecified atom stereocenters. The predicted molar refractivity (Wildman–Crippen MR) is 63.7 cm³/mol. The first kappa shape index (κ1) is 14.6. The Labute approximate surface area is 124 Å². The molecule has 2 aromatic heterocycles. The Morgan fingerprint density at radius 1 is 1.56 bits per heavy atom. The van der Waals surface area contributed by atoms with Crippen LogP contribution < -0.4 is 5.56 Å². The maximum absolute atomic E-state index is 11.6. The van der Waals surface area contributed by atoms with Crippen molar-refractivity contribution in [2.75, 3.05) is 6.61 Å². The van der Waals surface area contributed by atoms with Gasteiger partial charge in [-0.15, -0.1) is 0 Å². The molecular formula is C10H10N4NaO3. The van der Waals surface area contributed by atoms with Crippen molar-refractivity contribution < 1.29 is 9.53 Å². The smallest absolute Gasteiger partial charge is 0.345 e. The zero-order valence-corrected chi connectivity index (χ0v) is 12.1. The van der Waals surface area contributed by atoms with Gasteiger partial charge in [-0.3, -0.25) is 9.78 Å². The number of nitrogens with zero attached hydrogens (tertiary/aromatic N) is 3. The average Bonchev–Trinajstić information content (AvgIpc) is 2.82. The summed E-state index contributed by atoms with van der Waals surface area (Å²) in [7, 11) is 0. The quantitative estimate of drug-likeness (QED) is 0.605. The van der Waals surface area contributed by atoms with Crippen molar-refractivity contribution in [1.82, 2.24) is 19.7 Å². The number of nitrogens with one attached hydrogen (secondary N) is 1. The third-order valence-electron chi connectivity index (χ3n) is 2.00. The maximum Gasteiger partial charge on any atom is 0.345 e. The average molecular weight is 257 g/mol. The molecule has 0 amide bonds. The van der Waals surface area contributed by atoms with E-state index in [9.17, 15) is 9.59 Å². The Kier molecular flexibility index (Phi) is 5.26. The Bertz CT molecular complexity index is 579. The molecule has 8 heteroatoms. The summed E-state index contributed by atoms with van der Waals surface area (Å²) in [4.78, 5) is 29.4. The van der Waals surface area contributed by atoms with Crippen LogP contribution in [-0.2, 0) is 4.74 Å². The molecule has 0 atom stereocenters. The maximum atomic E-state index is 11.6. The van der Waals surface area contributed by atoms with Gasteiger partial charge in [0.2, 0.25) is 5.95 Å². The second kappa shape index (κ2) is 6.48. The molecule has 89 valence electrons. The molecule has 0 aliphatic rings. The monoisotopic (exact) mass is 257 g/mol. The van der Waals surface area contributed by atoms with Crippen LogP contribution in [0.5, 0.6) is 0 Å². The van der Waals surface area contributed by atoms with Gasteiger partial charge in [0, 0.05) is 42.0 Å². The number of esters is 1. The van der Waals surface area contributed by atoms with Crippen LogP contribution >= 0.6 is 0 Å². The van der Waals surface area contributed by atoms with Crippen LogP contribution in [0.3, 0.4) is 0 Å². The van der Waals surface area contributed by atoms with E-state index < -0.39 is 11.5 Å². The first-order valence-corrected chi connectivity index (χ1v) is 4.99. The van der Waals surface area contributed by atoms with Crippen LogP contribution in [0.15, 0.2) is 29.5 Å². The molecule has 0 spiro atoms. The van der Waals surface area contributed by atoms with Gasteiger partial charge in [-0.25, -0.2) is 14.5 Å². The van der Waals surface area contributed by atoms with Crippen LogP contribution in [0.2, 0.25) is 0 Å². The molecule has 1 N–H and O–H groups in total. The van der Waals surface area contributed by atoms with E-state index >= 15 is 0 Å². The second-order valence-electron chi connectivity index (χ2n) is 3.12. The van der Waals surface area contributed by atoms with E-state index in [0.717, 1.165) is 0 Å². The molecule has 0 aromatic carbocycles. The van der Waals surface area contributed by atoms with Crippen LogP contribution in [0.4, 0.5) is 0 Å². The van der Waals surface area contributed by atoms with Gasteiger partial charge in [-0.05, 0) is 13.0 Å². The fourth-order valence-electron chi connectivity index (χ4n) is 1.25. The Morgan fingerprint density at radius 3 is 2.89 bits per heavy atom. The van der Waals surface area contributed by atoms with Gasteiger partial charge in [0.25, 0.3) is 5.56 Å². The number of ether oxygens (including phenoxy) is 1. The molecule has 0 aliphatic heterocycles. The van der Waals surface area contributed by atoms with E-state index in [2.05, 4.69) is 15.1 Å². The minimum absolute atomic E-state index is 0. The van der Waals surface area contributed by atoms with Crippen LogP contribution in [0, 0.1) is 0 Å². The van der Waals surface area contributed by atoms with E-state index in [1.54, 1.807) is 25.4 Å². The summed E-state index contributed by atoms with van der Waals surface area (Å²) in [6.45, 7) is 1.87. The number of rotatable bonds is 3. The molecule has 7 nitrogen and oxygen atoms in total. The van der Waals surface area contributed by atoms with Crippen molar-refractivity contribution in [2.45, 2.75) is 6.92 Å². The van der Waals surface area contributed by atoms with Crippen molar-refractivity contribution in [1.29, 1.82) is 0 Å². The molecule has 2 aromatic rings. The number of aromatic nitrogens is 4. The molecule has 0 saturated carbocycles. The van der Waals surface area contributed by atoms with Gasteiger partial charge in [0.15, 0.2) is 0 Å². The SMILES string of the molecule is CCOC(=O)c1cnc(-n2cccn2)[nH]c1=O.[Na]. The standard InChI is InChI=1S/C10H10N4O3.Na/c1-2-17-9(16)7-6-11-10(13-8(7)15)14-5-3-4-12-14;/h3-6H,2H2,1H3,(H,11,13,15);. The summed E-state index contributed by atoms with van der Waals surface area (Å²) in [6.07, 6.45) is 4.36. The molecule has 0 bridgehead atoms. The summed E-state index contributed by atoms with van der Waals surface area (Å²) in [5, 5.41) is 3.91. The van der Waals surface area contributed by atoms with E-state index in [1.165, 1.54) is 10.9 Å². The molecule has 2 rings (SSSR count). The molecule has 18 heavy (non-hydrogen) atoms. The zero-order chi connectivity index (χ0) is 12.3. The number of carbonyl (C=O) groups excluding carboxylic acids is 1. The predicted octanol–water partition coefficient (Wildman–Crippen LogP) is -0.249. The van der Waals surface area contributed by atoms with Gasteiger partial charge < -0.3 is 4.74 Å².